The third kappa shape index (κ3) is 4.66. The first kappa shape index (κ1) is 19.8. The maximum atomic E-state index is 12.2. The highest BCUT2D eigenvalue weighted by Crippen LogP contribution is 2.21. The lowest BCUT2D eigenvalue weighted by molar-refractivity contribution is -0.121. The zero-order valence-corrected chi connectivity index (χ0v) is 17.1. The van der Waals surface area contributed by atoms with E-state index in [4.69, 9.17) is 5.10 Å². The smallest absolute Gasteiger partial charge is 0.220 e. The molecule has 2 heterocycles. The van der Waals surface area contributed by atoms with Crippen LogP contribution in [0.15, 0.2) is 48.7 Å². The molecule has 0 saturated carbocycles. The maximum Gasteiger partial charge on any atom is 0.220 e. The van der Waals surface area contributed by atoms with Gasteiger partial charge in [0.2, 0.25) is 5.91 Å². The molecule has 5 heteroatoms. The summed E-state index contributed by atoms with van der Waals surface area (Å²) in [5.74, 6) is 0.535. The molecule has 3 aromatic rings. The first-order valence-corrected chi connectivity index (χ1v) is 9.77. The van der Waals surface area contributed by atoms with Gasteiger partial charge in [-0.1, -0.05) is 32.0 Å². The average Bonchev–Trinajstić information content (AvgIpc) is 2.99. The van der Waals surface area contributed by atoms with E-state index in [1.54, 1.807) is 6.20 Å². The largest absolute Gasteiger partial charge is 0.350 e. The van der Waals surface area contributed by atoms with Crippen LogP contribution in [0.3, 0.4) is 0 Å². The zero-order chi connectivity index (χ0) is 20.1. The summed E-state index contributed by atoms with van der Waals surface area (Å²) in [7, 11) is 0. The number of carbonyl (C=O) groups is 1. The minimum absolute atomic E-state index is 0.0264. The van der Waals surface area contributed by atoms with Crippen LogP contribution in [-0.2, 0) is 17.8 Å². The third-order valence-corrected chi connectivity index (χ3v) is 5.04. The summed E-state index contributed by atoms with van der Waals surface area (Å²) >= 11 is 0. The highest BCUT2D eigenvalue weighted by Gasteiger charge is 2.14. The van der Waals surface area contributed by atoms with E-state index >= 15 is 0 Å². The molecule has 0 atom stereocenters. The lowest BCUT2D eigenvalue weighted by Crippen LogP contribution is -2.23. The summed E-state index contributed by atoms with van der Waals surface area (Å²) in [5.41, 5.74) is 6.43. The molecule has 146 valence electrons. The highest BCUT2D eigenvalue weighted by molar-refractivity contribution is 5.76. The van der Waals surface area contributed by atoms with Crippen LogP contribution in [0, 0.1) is 13.8 Å². The highest BCUT2D eigenvalue weighted by atomic mass is 16.1. The van der Waals surface area contributed by atoms with E-state index in [2.05, 4.69) is 55.3 Å². The Morgan fingerprint density at radius 2 is 1.86 bits per heavy atom. The molecule has 0 unspecified atom stereocenters. The fourth-order valence-electron chi connectivity index (χ4n) is 3.31. The van der Waals surface area contributed by atoms with Crippen molar-refractivity contribution < 1.29 is 4.79 Å². The van der Waals surface area contributed by atoms with Gasteiger partial charge in [0.25, 0.3) is 0 Å². The topological polar surface area (TPSA) is 59.8 Å². The minimum atomic E-state index is 0.0264. The molecule has 0 radical (unpaired) electrons. The number of nitrogens with one attached hydrogen (secondary N) is 1. The standard InChI is InChI=1S/C23H28N4O/c1-16(2)19-8-10-21(11-9-19)27-18(4)22(17(3)26-27)12-13-23(28)25-15-20-7-5-6-14-24-20/h5-11,14,16H,12-13,15H2,1-4H3,(H,25,28). The summed E-state index contributed by atoms with van der Waals surface area (Å²) < 4.78 is 1.97. The number of hydrogen-bond donors (Lipinski definition) is 1. The zero-order valence-electron chi connectivity index (χ0n) is 17.1. The number of pyridine rings is 1. The SMILES string of the molecule is Cc1nn(-c2ccc(C(C)C)cc2)c(C)c1CCC(=O)NCc1ccccn1. The van der Waals surface area contributed by atoms with Crippen LogP contribution in [0.4, 0.5) is 0 Å². The Kier molecular flexibility index (Phi) is 6.24. The van der Waals surface area contributed by atoms with Gasteiger partial charge < -0.3 is 5.32 Å². The predicted octanol–water partition coefficient (Wildman–Crippen LogP) is 4.26. The fourth-order valence-corrected chi connectivity index (χ4v) is 3.31. The van der Waals surface area contributed by atoms with Gasteiger partial charge in [-0.15, -0.1) is 0 Å². The molecule has 3 rings (SSSR count). The third-order valence-electron chi connectivity index (χ3n) is 5.04. The first-order valence-electron chi connectivity index (χ1n) is 9.77. The molecule has 1 aromatic carbocycles. The molecule has 5 nitrogen and oxygen atoms in total. The second kappa shape index (κ2) is 8.83. The average molecular weight is 377 g/mol. The Hall–Kier alpha value is -2.95. The van der Waals surface area contributed by atoms with Crippen molar-refractivity contribution in [1.29, 1.82) is 0 Å². The summed E-state index contributed by atoms with van der Waals surface area (Å²) in [6, 6.07) is 14.2. The summed E-state index contributed by atoms with van der Waals surface area (Å²) in [6.07, 6.45) is 2.85. The van der Waals surface area contributed by atoms with Crippen molar-refractivity contribution in [1.82, 2.24) is 20.1 Å². The van der Waals surface area contributed by atoms with Crippen LogP contribution >= 0.6 is 0 Å². The molecule has 2 aromatic heterocycles. The molecule has 0 aliphatic rings. The van der Waals surface area contributed by atoms with Crippen molar-refractivity contribution in [2.75, 3.05) is 0 Å². The number of aromatic nitrogens is 3. The van der Waals surface area contributed by atoms with E-state index in [-0.39, 0.29) is 5.91 Å². The molecule has 0 saturated heterocycles. The van der Waals surface area contributed by atoms with Crippen LogP contribution < -0.4 is 5.32 Å². The van der Waals surface area contributed by atoms with Crippen molar-refractivity contribution in [3.8, 4) is 5.69 Å². The van der Waals surface area contributed by atoms with Gasteiger partial charge in [0.1, 0.15) is 0 Å². The molecule has 0 aliphatic carbocycles. The van der Waals surface area contributed by atoms with E-state index < -0.39 is 0 Å². The second-order valence-electron chi connectivity index (χ2n) is 7.41. The number of aryl methyl sites for hydroxylation is 1. The molecule has 0 fully saturated rings. The lowest BCUT2D eigenvalue weighted by atomic mass is 10.0. The molecular weight excluding hydrogens is 348 g/mol. The minimum Gasteiger partial charge on any atom is -0.350 e. The molecule has 0 bridgehead atoms. The summed E-state index contributed by atoms with van der Waals surface area (Å²) in [6.45, 7) is 8.91. The Morgan fingerprint density at radius 3 is 2.50 bits per heavy atom. The normalized spacial score (nSPS) is 11.0. The first-order chi connectivity index (χ1) is 13.5. The maximum absolute atomic E-state index is 12.2. The second-order valence-corrected chi connectivity index (χ2v) is 7.41. The van der Waals surface area contributed by atoms with Gasteiger partial charge in [-0.3, -0.25) is 9.78 Å². The number of amides is 1. The Balaban J connectivity index is 1.64. The van der Waals surface area contributed by atoms with Crippen molar-refractivity contribution in [3.63, 3.8) is 0 Å². The quantitative estimate of drug-likeness (QED) is 0.670. The van der Waals surface area contributed by atoms with E-state index in [9.17, 15) is 4.79 Å². The number of hydrogen-bond acceptors (Lipinski definition) is 3. The van der Waals surface area contributed by atoms with Crippen molar-refractivity contribution in [3.05, 3.63) is 76.9 Å². The van der Waals surface area contributed by atoms with Crippen molar-refractivity contribution in [2.45, 2.75) is 53.0 Å². The van der Waals surface area contributed by atoms with Crippen molar-refractivity contribution >= 4 is 5.91 Å². The summed E-state index contributed by atoms with van der Waals surface area (Å²) in [5, 5.41) is 7.64. The van der Waals surface area contributed by atoms with Crippen LogP contribution in [0.5, 0.6) is 0 Å². The predicted molar refractivity (Wildman–Crippen MR) is 112 cm³/mol. The van der Waals surface area contributed by atoms with Crippen molar-refractivity contribution in [2.24, 2.45) is 0 Å². The molecule has 0 spiro atoms. The van der Waals surface area contributed by atoms with E-state index in [1.165, 1.54) is 5.56 Å². The molecule has 0 aliphatic heterocycles. The fraction of sp³-hybridized carbons (Fsp3) is 0.348. The van der Waals surface area contributed by atoms with Gasteiger partial charge in [-0.05, 0) is 61.6 Å². The van der Waals surface area contributed by atoms with E-state index in [0.29, 0.717) is 25.3 Å². The Labute approximate surface area is 166 Å². The van der Waals surface area contributed by atoms with Gasteiger partial charge in [0, 0.05) is 18.3 Å². The van der Waals surface area contributed by atoms with Crippen LogP contribution in [-0.4, -0.2) is 20.7 Å². The summed E-state index contributed by atoms with van der Waals surface area (Å²) in [4.78, 5) is 16.4. The number of benzene rings is 1. The molecule has 1 N–H and O–H groups in total. The molecular formula is C23H28N4O. The lowest BCUT2D eigenvalue weighted by Gasteiger charge is -2.09. The van der Waals surface area contributed by atoms with Gasteiger partial charge in [0.15, 0.2) is 0 Å². The monoisotopic (exact) mass is 376 g/mol. The van der Waals surface area contributed by atoms with Crippen LogP contribution in [0.25, 0.3) is 5.69 Å². The van der Waals surface area contributed by atoms with Gasteiger partial charge in [-0.25, -0.2) is 4.68 Å². The van der Waals surface area contributed by atoms with Crippen LogP contribution in [0.1, 0.15) is 54.4 Å². The van der Waals surface area contributed by atoms with E-state index in [1.807, 2.05) is 29.8 Å². The van der Waals surface area contributed by atoms with E-state index in [0.717, 1.165) is 28.3 Å². The molecule has 28 heavy (non-hydrogen) atoms. The number of carbonyl (C=O) groups excluding carboxylic acids is 1. The van der Waals surface area contributed by atoms with Gasteiger partial charge >= 0.3 is 0 Å². The Bertz CT molecular complexity index is 927. The Morgan fingerprint density at radius 1 is 1.11 bits per heavy atom. The van der Waals surface area contributed by atoms with Crippen LogP contribution in [0.2, 0.25) is 0 Å². The number of nitrogens with zero attached hydrogens (tertiary/aromatic N) is 3. The number of rotatable bonds is 7. The molecule has 1 amide bonds. The van der Waals surface area contributed by atoms with Gasteiger partial charge in [-0.2, -0.15) is 5.10 Å². The van der Waals surface area contributed by atoms with Gasteiger partial charge in [0.05, 0.1) is 23.6 Å².